The minimum atomic E-state index is -4.86. The number of allylic oxidation sites excluding steroid dienone is 1. The van der Waals surface area contributed by atoms with Crippen LogP contribution in [-0.2, 0) is 14.0 Å². The van der Waals surface area contributed by atoms with Gasteiger partial charge in [-0.1, -0.05) is 0 Å². The Hall–Kier alpha value is -1.75. The number of alkyl halides is 3. The highest BCUT2D eigenvalue weighted by molar-refractivity contribution is 6.62. The molecule has 1 fully saturated rings. The quantitative estimate of drug-likeness (QED) is 0.357. The summed E-state index contributed by atoms with van der Waals surface area (Å²) >= 11 is 0. The highest BCUT2D eigenvalue weighted by Crippen LogP contribution is 2.39. The highest BCUT2D eigenvalue weighted by Gasteiger charge is 2.55. The monoisotopic (exact) mass is 407 g/mol. The fraction of sp³-hybridized carbons (Fsp3) is 0.765. The van der Waals surface area contributed by atoms with Crippen LogP contribution in [0.25, 0.3) is 0 Å². The van der Waals surface area contributed by atoms with Gasteiger partial charge in [-0.3, -0.25) is 5.41 Å². The lowest BCUT2D eigenvalue weighted by molar-refractivity contribution is -0.0588. The van der Waals surface area contributed by atoms with E-state index in [1.807, 2.05) is 0 Å². The number of amides is 1. The van der Waals surface area contributed by atoms with Gasteiger partial charge in [0.15, 0.2) is 0 Å². The maximum absolute atomic E-state index is 13.1. The SMILES string of the molecule is CC(C)(C)OC(=O)NCCN/C=C(/B1OC(C)(C)C(C)(C)O1)C(=N)C(F)(F)F. The molecule has 7 nitrogen and oxygen atoms in total. The van der Waals surface area contributed by atoms with Crippen LogP contribution in [0.3, 0.4) is 0 Å². The van der Waals surface area contributed by atoms with E-state index in [0.717, 1.165) is 6.20 Å². The van der Waals surface area contributed by atoms with Crippen molar-refractivity contribution in [3.63, 3.8) is 0 Å². The van der Waals surface area contributed by atoms with Gasteiger partial charge in [-0.15, -0.1) is 0 Å². The summed E-state index contributed by atoms with van der Waals surface area (Å²) in [7, 11) is -1.34. The number of alkyl carbamates (subject to hydrolysis) is 1. The third-order valence-corrected chi connectivity index (χ3v) is 4.27. The highest BCUT2D eigenvalue weighted by atomic mass is 19.4. The lowest BCUT2D eigenvalue weighted by Gasteiger charge is -2.32. The maximum atomic E-state index is 13.1. The summed E-state index contributed by atoms with van der Waals surface area (Å²) in [5.41, 5.74) is -4.37. The molecule has 160 valence electrons. The van der Waals surface area contributed by atoms with Gasteiger partial charge in [0.25, 0.3) is 0 Å². The predicted octanol–water partition coefficient (Wildman–Crippen LogP) is 3.20. The summed E-state index contributed by atoms with van der Waals surface area (Å²) in [4.78, 5) is 11.5. The Kier molecular flexibility index (Phi) is 7.22. The van der Waals surface area contributed by atoms with Crippen molar-refractivity contribution in [3.05, 3.63) is 11.7 Å². The van der Waals surface area contributed by atoms with Gasteiger partial charge < -0.3 is 24.7 Å². The van der Waals surface area contributed by atoms with E-state index in [1.165, 1.54) is 0 Å². The molecular weight excluding hydrogens is 378 g/mol. The van der Waals surface area contributed by atoms with E-state index in [-0.39, 0.29) is 13.1 Å². The molecule has 1 saturated heterocycles. The molecule has 0 atom stereocenters. The van der Waals surface area contributed by atoms with Crippen LogP contribution in [-0.4, -0.2) is 55.0 Å². The van der Waals surface area contributed by atoms with Crippen LogP contribution in [0.15, 0.2) is 11.7 Å². The molecule has 0 spiro atoms. The van der Waals surface area contributed by atoms with Gasteiger partial charge >= 0.3 is 19.4 Å². The number of halogens is 3. The number of carbonyl (C=O) groups is 1. The Bertz CT molecular complexity index is 612. The number of carbonyl (C=O) groups excluding carboxylic acids is 1. The van der Waals surface area contributed by atoms with E-state index >= 15 is 0 Å². The van der Waals surface area contributed by atoms with Gasteiger partial charge in [0.05, 0.1) is 11.2 Å². The van der Waals surface area contributed by atoms with Crippen molar-refractivity contribution in [3.8, 4) is 0 Å². The van der Waals surface area contributed by atoms with Crippen molar-refractivity contribution in [1.82, 2.24) is 10.6 Å². The van der Waals surface area contributed by atoms with Gasteiger partial charge in [0, 0.05) is 18.6 Å². The summed E-state index contributed by atoms with van der Waals surface area (Å²) in [5, 5.41) is 12.6. The van der Waals surface area contributed by atoms with E-state index in [2.05, 4.69) is 10.6 Å². The molecule has 0 aromatic carbocycles. The lowest BCUT2D eigenvalue weighted by Crippen LogP contribution is -2.41. The largest absolute Gasteiger partial charge is 0.498 e. The number of hydrogen-bond acceptors (Lipinski definition) is 6. The molecule has 3 N–H and O–H groups in total. The summed E-state index contributed by atoms with van der Waals surface area (Å²) in [6.07, 6.45) is -4.45. The Morgan fingerprint density at radius 1 is 1.11 bits per heavy atom. The fourth-order valence-electron chi connectivity index (χ4n) is 2.12. The average molecular weight is 407 g/mol. The molecule has 1 rings (SSSR count). The van der Waals surface area contributed by atoms with E-state index in [0.29, 0.717) is 0 Å². The first-order valence-electron chi connectivity index (χ1n) is 8.88. The predicted molar refractivity (Wildman–Crippen MR) is 100 cm³/mol. The van der Waals surface area contributed by atoms with Gasteiger partial charge in [0.2, 0.25) is 0 Å². The molecular formula is C17H29BF3N3O4. The molecule has 0 aromatic heterocycles. The molecule has 11 heteroatoms. The molecule has 0 unspecified atom stereocenters. The van der Waals surface area contributed by atoms with Gasteiger partial charge in [0.1, 0.15) is 11.3 Å². The smallest absolute Gasteiger partial charge is 0.444 e. The van der Waals surface area contributed by atoms with Gasteiger partial charge in [-0.2, -0.15) is 13.2 Å². The molecule has 1 aliphatic rings. The summed E-state index contributed by atoms with van der Waals surface area (Å²) in [5.74, 6) is 0. The first-order chi connectivity index (χ1) is 12.5. The zero-order chi connectivity index (χ0) is 22.0. The second-order valence-corrected chi connectivity index (χ2v) is 8.44. The summed E-state index contributed by atoms with van der Waals surface area (Å²) < 4.78 is 55.6. The fourth-order valence-corrected chi connectivity index (χ4v) is 2.12. The Morgan fingerprint density at radius 3 is 2.04 bits per heavy atom. The second-order valence-electron chi connectivity index (χ2n) is 8.44. The minimum absolute atomic E-state index is 0.113. The lowest BCUT2D eigenvalue weighted by atomic mass is 9.75. The van der Waals surface area contributed by atoms with E-state index < -0.39 is 47.4 Å². The van der Waals surface area contributed by atoms with Crippen molar-refractivity contribution in [2.75, 3.05) is 13.1 Å². The number of nitrogens with one attached hydrogen (secondary N) is 3. The Labute approximate surface area is 164 Å². The topological polar surface area (TPSA) is 92.7 Å². The normalized spacial score (nSPS) is 19.4. The summed E-state index contributed by atoms with van der Waals surface area (Å²) in [6, 6.07) is 0. The number of rotatable bonds is 6. The van der Waals surface area contributed by atoms with Crippen molar-refractivity contribution >= 4 is 18.9 Å². The van der Waals surface area contributed by atoms with Crippen molar-refractivity contribution in [2.24, 2.45) is 0 Å². The Balaban J connectivity index is 2.77. The van der Waals surface area contributed by atoms with E-state index in [9.17, 15) is 18.0 Å². The van der Waals surface area contributed by atoms with Crippen molar-refractivity contribution in [2.45, 2.75) is 71.4 Å². The number of hydrogen-bond donors (Lipinski definition) is 3. The third kappa shape index (κ3) is 6.70. The van der Waals surface area contributed by atoms with Crippen LogP contribution in [0.1, 0.15) is 48.5 Å². The molecule has 0 radical (unpaired) electrons. The van der Waals surface area contributed by atoms with Crippen LogP contribution >= 0.6 is 0 Å². The van der Waals surface area contributed by atoms with E-state index in [4.69, 9.17) is 19.5 Å². The van der Waals surface area contributed by atoms with Crippen LogP contribution in [0.2, 0.25) is 0 Å². The first kappa shape index (κ1) is 24.3. The molecule has 0 aliphatic carbocycles. The van der Waals surface area contributed by atoms with E-state index in [1.54, 1.807) is 48.5 Å². The zero-order valence-electron chi connectivity index (χ0n) is 17.3. The van der Waals surface area contributed by atoms with Crippen molar-refractivity contribution < 1.29 is 32.0 Å². The number of ether oxygens (including phenoxy) is 1. The minimum Gasteiger partial charge on any atom is -0.444 e. The summed E-state index contributed by atoms with van der Waals surface area (Å²) in [6.45, 7) is 12.2. The third-order valence-electron chi connectivity index (χ3n) is 4.27. The zero-order valence-corrected chi connectivity index (χ0v) is 17.3. The molecule has 1 heterocycles. The molecule has 1 aliphatic heterocycles. The standard InChI is InChI=1S/C17H29BF3N3O4/c1-14(2,3)26-13(25)24-9-8-23-10-11(12(22)17(19,20)21)18-27-15(4,5)16(6,7)28-18/h10,22-23H,8-9H2,1-7H3,(H,24,25)/b11-10+,22-12?. The average Bonchev–Trinajstić information content (AvgIpc) is 2.67. The molecule has 1 amide bonds. The van der Waals surface area contributed by atoms with Gasteiger partial charge in [-0.25, -0.2) is 4.79 Å². The molecule has 0 aromatic rings. The van der Waals surface area contributed by atoms with Gasteiger partial charge in [-0.05, 0) is 54.7 Å². The van der Waals surface area contributed by atoms with Crippen LogP contribution in [0, 0.1) is 5.41 Å². The molecule has 0 bridgehead atoms. The van der Waals surface area contributed by atoms with Crippen molar-refractivity contribution in [1.29, 1.82) is 5.41 Å². The van der Waals surface area contributed by atoms with Crippen LogP contribution in [0.5, 0.6) is 0 Å². The van der Waals surface area contributed by atoms with Crippen LogP contribution < -0.4 is 10.6 Å². The molecule has 28 heavy (non-hydrogen) atoms. The van der Waals surface area contributed by atoms with Crippen LogP contribution in [0.4, 0.5) is 18.0 Å². The molecule has 0 saturated carbocycles. The maximum Gasteiger partial charge on any atom is 0.498 e. The second kappa shape index (κ2) is 8.32. The first-order valence-corrected chi connectivity index (χ1v) is 8.88. The Morgan fingerprint density at radius 2 is 1.61 bits per heavy atom.